The van der Waals surface area contributed by atoms with Gasteiger partial charge in [0.25, 0.3) is 0 Å². The minimum atomic E-state index is -2.44. The van der Waals surface area contributed by atoms with Gasteiger partial charge in [-0.3, -0.25) is 0 Å². The van der Waals surface area contributed by atoms with E-state index in [1.54, 1.807) is 0 Å². The maximum atomic E-state index is 5.98. The van der Waals surface area contributed by atoms with E-state index in [0.717, 1.165) is 12.5 Å². The van der Waals surface area contributed by atoms with Crippen LogP contribution in [0.15, 0.2) is 0 Å². The highest BCUT2D eigenvalue weighted by atomic mass is 28.4. The molecule has 0 spiro atoms. The second-order valence-electron chi connectivity index (χ2n) is 12.5. The average molecular weight is 573 g/mol. The van der Waals surface area contributed by atoms with Crippen LogP contribution in [0.1, 0.15) is 169 Å². The Labute approximate surface area is 248 Å². The molecular formula is C34H74NO3Si+. The van der Waals surface area contributed by atoms with Crippen molar-refractivity contribution in [3.63, 3.8) is 0 Å². The maximum absolute atomic E-state index is 5.98. The highest BCUT2D eigenvalue weighted by Crippen LogP contribution is 2.21. The van der Waals surface area contributed by atoms with Crippen LogP contribution in [0.3, 0.4) is 0 Å². The molecular weight excluding hydrogens is 498 g/mol. The molecule has 0 aliphatic carbocycles. The molecule has 0 heterocycles. The molecule has 0 rings (SSSR count). The molecule has 0 aliphatic rings. The quantitative estimate of drug-likeness (QED) is 0.0456. The summed E-state index contributed by atoms with van der Waals surface area (Å²) in [5, 5.41) is 0. The molecule has 0 fully saturated rings. The largest absolute Gasteiger partial charge is 0.500 e. The summed E-state index contributed by atoms with van der Waals surface area (Å²) in [7, 11) is 2.43. The summed E-state index contributed by atoms with van der Waals surface area (Å²) in [6, 6.07) is 0.964. The van der Waals surface area contributed by atoms with Gasteiger partial charge in [0, 0.05) is 25.9 Å². The van der Waals surface area contributed by atoms with E-state index in [9.17, 15) is 0 Å². The molecule has 0 aromatic rings. The van der Waals surface area contributed by atoms with Crippen molar-refractivity contribution >= 4 is 8.80 Å². The lowest BCUT2D eigenvalue weighted by Gasteiger charge is -2.30. The molecule has 0 saturated carbocycles. The Balaban J connectivity index is 3.57. The fraction of sp³-hybridized carbons (Fsp3) is 1.00. The van der Waals surface area contributed by atoms with Gasteiger partial charge in [0.1, 0.15) is 0 Å². The molecule has 0 unspecified atom stereocenters. The van der Waals surface area contributed by atoms with Crippen molar-refractivity contribution in [3.8, 4) is 0 Å². The smallest absolute Gasteiger partial charge is 0.374 e. The van der Waals surface area contributed by atoms with Gasteiger partial charge in [-0.2, -0.15) is 0 Å². The molecule has 0 aromatic heterocycles. The summed E-state index contributed by atoms with van der Waals surface area (Å²) < 4.78 is 19.1. The highest BCUT2D eigenvalue weighted by Gasteiger charge is 2.39. The number of rotatable bonds is 32. The Morgan fingerprint density at radius 2 is 0.667 bits per heavy atom. The Bertz CT molecular complexity index is 472. The van der Waals surface area contributed by atoms with Crippen LogP contribution in [0.5, 0.6) is 0 Å². The number of hydrogen-bond donors (Lipinski definition) is 0. The first kappa shape index (κ1) is 39.1. The summed E-state index contributed by atoms with van der Waals surface area (Å²) in [4.78, 5) is 0. The first-order valence-electron chi connectivity index (χ1n) is 17.7. The van der Waals surface area contributed by atoms with Crippen LogP contribution in [0.2, 0.25) is 6.04 Å². The zero-order chi connectivity index (χ0) is 28.9. The van der Waals surface area contributed by atoms with Gasteiger partial charge in [0.05, 0.1) is 27.2 Å². The van der Waals surface area contributed by atoms with Crippen LogP contribution in [-0.2, 0) is 13.3 Å². The maximum Gasteiger partial charge on any atom is 0.500 e. The van der Waals surface area contributed by atoms with Crippen LogP contribution >= 0.6 is 0 Å². The molecule has 0 radical (unpaired) electrons. The predicted octanol–water partition coefficient (Wildman–Crippen LogP) is 10.7. The molecule has 0 atom stereocenters. The molecule has 0 saturated heterocycles. The third kappa shape index (κ3) is 25.5. The van der Waals surface area contributed by atoms with E-state index in [4.69, 9.17) is 13.3 Å². The summed E-state index contributed by atoms with van der Waals surface area (Å²) in [6.45, 7) is 13.1. The van der Waals surface area contributed by atoms with E-state index in [0.29, 0.717) is 19.8 Å². The van der Waals surface area contributed by atoms with Crippen molar-refractivity contribution < 1.29 is 17.8 Å². The van der Waals surface area contributed by atoms with E-state index < -0.39 is 8.80 Å². The molecule has 0 aliphatic heterocycles. The monoisotopic (exact) mass is 573 g/mol. The van der Waals surface area contributed by atoms with Gasteiger partial charge >= 0.3 is 8.80 Å². The van der Waals surface area contributed by atoms with Crippen LogP contribution in [0, 0.1) is 0 Å². The normalized spacial score (nSPS) is 12.5. The first-order valence-corrected chi connectivity index (χ1v) is 19.6. The number of unbranched alkanes of at least 4 members (excludes halogenated alkanes) is 20. The Morgan fingerprint density at radius 3 is 0.974 bits per heavy atom. The first-order chi connectivity index (χ1) is 18.9. The summed E-state index contributed by atoms with van der Waals surface area (Å²) in [6.07, 6.45) is 31.0. The van der Waals surface area contributed by atoms with Crippen LogP contribution < -0.4 is 0 Å². The molecule has 0 amide bonds. The van der Waals surface area contributed by atoms with E-state index in [1.165, 1.54) is 152 Å². The average Bonchev–Trinajstić information content (AvgIpc) is 2.90. The standard InChI is InChI=1S/C34H74NO3Si/c1-7-11-12-13-14-15-16-17-18-19-20-21-22-23-26-29-32-35(5,6)33-30-27-24-25-28-31-34-39(36-8-2,37-9-3)38-10-4/h7-34H2,1-6H3/q+1. The molecule has 5 heteroatoms. The van der Waals surface area contributed by atoms with Gasteiger partial charge in [-0.25, -0.2) is 0 Å². The van der Waals surface area contributed by atoms with Crippen LogP contribution in [0.4, 0.5) is 0 Å². The SMILES string of the molecule is CCCCCCCCCCCCCCCCCC[N+](C)(C)CCCCCCCC[Si](OCC)(OCC)OCC. The van der Waals surface area contributed by atoms with E-state index in [2.05, 4.69) is 21.0 Å². The Hall–Kier alpha value is 0.0569. The minimum absolute atomic E-state index is 0.680. The van der Waals surface area contributed by atoms with E-state index in [-0.39, 0.29) is 0 Å². The number of quaternary nitrogens is 1. The van der Waals surface area contributed by atoms with E-state index in [1.807, 2.05) is 20.8 Å². The molecule has 0 aromatic carbocycles. The fourth-order valence-corrected chi connectivity index (χ4v) is 8.47. The summed E-state index contributed by atoms with van der Waals surface area (Å²) in [5.74, 6) is 0. The van der Waals surface area contributed by atoms with Crippen molar-refractivity contribution in [2.45, 2.75) is 175 Å². The van der Waals surface area contributed by atoms with Gasteiger partial charge in [-0.1, -0.05) is 116 Å². The zero-order valence-corrected chi connectivity index (χ0v) is 29.0. The van der Waals surface area contributed by atoms with Crippen LogP contribution in [-0.4, -0.2) is 60.3 Å². The van der Waals surface area contributed by atoms with Gasteiger partial charge in [-0.15, -0.1) is 0 Å². The summed E-state index contributed by atoms with van der Waals surface area (Å²) in [5.41, 5.74) is 0. The van der Waals surface area contributed by atoms with Crippen molar-refractivity contribution in [2.75, 3.05) is 47.0 Å². The van der Waals surface area contributed by atoms with E-state index >= 15 is 0 Å². The van der Waals surface area contributed by atoms with Gasteiger partial charge in [-0.05, 0) is 52.9 Å². The van der Waals surface area contributed by atoms with Crippen molar-refractivity contribution in [1.82, 2.24) is 0 Å². The summed E-state index contributed by atoms with van der Waals surface area (Å²) >= 11 is 0. The van der Waals surface area contributed by atoms with Gasteiger partial charge in [0.2, 0.25) is 0 Å². The van der Waals surface area contributed by atoms with Crippen molar-refractivity contribution in [3.05, 3.63) is 0 Å². The fourth-order valence-electron chi connectivity index (χ4n) is 5.79. The third-order valence-electron chi connectivity index (χ3n) is 8.21. The number of nitrogens with zero attached hydrogens (tertiary/aromatic N) is 1. The molecule has 0 bridgehead atoms. The van der Waals surface area contributed by atoms with Gasteiger partial charge < -0.3 is 17.8 Å². The molecule has 0 N–H and O–H groups in total. The highest BCUT2D eigenvalue weighted by molar-refractivity contribution is 6.60. The lowest BCUT2D eigenvalue weighted by Crippen LogP contribution is -2.45. The predicted molar refractivity (Wildman–Crippen MR) is 175 cm³/mol. The third-order valence-corrected chi connectivity index (χ3v) is 11.4. The van der Waals surface area contributed by atoms with Crippen molar-refractivity contribution in [2.24, 2.45) is 0 Å². The second-order valence-corrected chi connectivity index (χ2v) is 15.3. The lowest BCUT2D eigenvalue weighted by molar-refractivity contribution is -0.890. The molecule has 39 heavy (non-hydrogen) atoms. The van der Waals surface area contributed by atoms with Crippen LogP contribution in [0.25, 0.3) is 0 Å². The molecule has 4 nitrogen and oxygen atoms in total. The Morgan fingerprint density at radius 1 is 0.385 bits per heavy atom. The number of hydrogen-bond acceptors (Lipinski definition) is 3. The van der Waals surface area contributed by atoms with Crippen molar-refractivity contribution in [1.29, 1.82) is 0 Å². The zero-order valence-electron chi connectivity index (χ0n) is 28.0. The Kier molecular flexibility index (Phi) is 28.2. The minimum Gasteiger partial charge on any atom is -0.374 e. The lowest BCUT2D eigenvalue weighted by atomic mass is 10.0. The second kappa shape index (κ2) is 28.2. The van der Waals surface area contributed by atoms with Gasteiger partial charge in [0.15, 0.2) is 0 Å². The molecule has 236 valence electrons. The topological polar surface area (TPSA) is 27.7 Å².